The fourth-order valence-corrected chi connectivity index (χ4v) is 10.8. The van der Waals surface area contributed by atoms with Crippen molar-refractivity contribution >= 4 is 37.3 Å². The molecule has 0 fully saturated rings. The Balaban J connectivity index is 1.50. The molecule has 5 aromatic carbocycles. The van der Waals surface area contributed by atoms with Crippen LogP contribution in [0.4, 0.5) is 0 Å². The Morgan fingerprint density at radius 1 is 0.450 bits per heavy atom. The van der Waals surface area contributed by atoms with Crippen LogP contribution in [0.2, 0.25) is 0 Å². The van der Waals surface area contributed by atoms with Crippen LogP contribution in [0.25, 0.3) is 0 Å². The molecule has 40 heavy (non-hydrogen) atoms. The van der Waals surface area contributed by atoms with Gasteiger partial charge in [0.15, 0.2) is 0 Å². The zero-order valence-corrected chi connectivity index (χ0v) is 24.8. The minimum atomic E-state index is -3.21. The van der Waals surface area contributed by atoms with Crippen LogP contribution in [0.5, 0.6) is 0 Å². The van der Waals surface area contributed by atoms with Gasteiger partial charge >= 0.3 is 8.32 Å². The molecule has 2 nitrogen and oxygen atoms in total. The molecule has 1 N–H and O–H groups in total. The van der Waals surface area contributed by atoms with Crippen molar-refractivity contribution in [2.45, 2.75) is 0 Å². The first kappa shape index (κ1) is 27.2. The van der Waals surface area contributed by atoms with Crippen molar-refractivity contribution in [1.29, 1.82) is 0 Å². The van der Waals surface area contributed by atoms with Gasteiger partial charge < -0.3 is 9.36 Å². The smallest absolute Gasteiger partial charge is 0.335 e. The lowest BCUT2D eigenvalue weighted by Crippen LogP contribution is -2.67. The van der Waals surface area contributed by atoms with Gasteiger partial charge in [-0.2, -0.15) is 0 Å². The highest BCUT2D eigenvalue weighted by Gasteiger charge is 2.39. The van der Waals surface area contributed by atoms with Gasteiger partial charge in [-0.1, -0.05) is 144 Å². The van der Waals surface area contributed by atoms with Crippen LogP contribution < -0.4 is 20.7 Å². The van der Waals surface area contributed by atoms with Gasteiger partial charge in [-0.15, -0.1) is 0 Å². The summed E-state index contributed by atoms with van der Waals surface area (Å²) in [4.78, 5) is 11.9. The molecular weight excluding hydrogens is 519 g/mol. The van der Waals surface area contributed by atoms with Crippen molar-refractivity contribution in [3.63, 3.8) is 0 Å². The van der Waals surface area contributed by atoms with E-state index in [0.29, 0.717) is 0 Å². The van der Waals surface area contributed by atoms with E-state index in [1.165, 1.54) is 10.4 Å². The molecule has 0 heterocycles. The second-order valence-corrected chi connectivity index (χ2v) is 16.4. The largest absolute Gasteiger partial charge is 0.415 e. The van der Waals surface area contributed by atoms with E-state index in [2.05, 4.69) is 102 Å². The number of hydrogen-bond acceptors (Lipinski definition) is 2. The number of benzene rings is 5. The van der Waals surface area contributed by atoms with Crippen molar-refractivity contribution in [3.8, 4) is 22.9 Å². The van der Waals surface area contributed by atoms with Gasteiger partial charge in [0.2, 0.25) is 0 Å². The lowest BCUT2D eigenvalue weighted by molar-refractivity contribution is 0.584. The molecule has 0 radical (unpaired) electrons. The van der Waals surface area contributed by atoms with Crippen LogP contribution in [0.15, 0.2) is 146 Å². The van der Waals surface area contributed by atoms with Crippen molar-refractivity contribution < 1.29 is 4.80 Å². The summed E-state index contributed by atoms with van der Waals surface area (Å²) in [6.07, 6.45) is 0. The molecule has 4 heteroatoms. The second kappa shape index (κ2) is 12.2. The number of hydrogen-bond donors (Lipinski definition) is 1. The summed E-state index contributed by atoms with van der Waals surface area (Å²) >= 11 is 0. The Morgan fingerprint density at radius 2 is 0.775 bits per heavy atom. The van der Waals surface area contributed by atoms with Gasteiger partial charge in [-0.05, 0) is 59.1 Å². The molecule has 0 saturated carbocycles. The van der Waals surface area contributed by atoms with E-state index in [9.17, 15) is 4.80 Å². The Kier molecular flexibility index (Phi) is 8.27. The van der Waals surface area contributed by atoms with Gasteiger partial charge in [0, 0.05) is 11.1 Å². The van der Waals surface area contributed by atoms with E-state index in [1.807, 2.05) is 84.9 Å². The molecule has 5 rings (SSSR count). The fourth-order valence-electron chi connectivity index (χ4n) is 4.93. The fraction of sp³-hybridized carbons (Fsp3) is 0.0556. The monoisotopic (exact) mass is 549 g/mol. The average molecular weight is 550 g/mol. The highest BCUT2D eigenvalue weighted by molar-refractivity contribution is 7.06. The third kappa shape index (κ3) is 5.63. The molecule has 0 aromatic heterocycles. The first-order valence-corrected chi connectivity index (χ1v) is 17.2. The first-order valence-electron chi connectivity index (χ1n) is 13.3. The van der Waals surface area contributed by atoms with Gasteiger partial charge in [0.05, 0.1) is 0 Å². The highest BCUT2D eigenvalue weighted by Crippen LogP contribution is 2.10. The van der Waals surface area contributed by atoms with E-state index < -0.39 is 16.6 Å². The van der Waals surface area contributed by atoms with Gasteiger partial charge in [-0.3, -0.25) is 0 Å². The number of rotatable bonds is 5. The van der Waals surface area contributed by atoms with Crippen LogP contribution >= 0.6 is 0 Å². The second-order valence-electron chi connectivity index (χ2n) is 9.86. The molecule has 0 unspecified atom stereocenters. The van der Waals surface area contributed by atoms with E-state index in [-0.39, 0.29) is 0 Å². The molecule has 0 aliphatic rings. The van der Waals surface area contributed by atoms with Crippen molar-refractivity contribution in [2.24, 2.45) is 0 Å². The molecule has 0 aliphatic carbocycles. The Hall–Kier alpha value is -4.43. The molecule has 0 saturated heterocycles. The van der Waals surface area contributed by atoms with Crippen LogP contribution in [0.1, 0.15) is 11.1 Å². The summed E-state index contributed by atoms with van der Waals surface area (Å²) in [7, 11) is -1.48. The summed E-state index contributed by atoms with van der Waals surface area (Å²) < 4.78 is 2.31. The topological polar surface area (TPSA) is 23.5 Å². The van der Waals surface area contributed by atoms with Crippen LogP contribution in [-0.2, 0) is 0 Å². The summed E-state index contributed by atoms with van der Waals surface area (Å²) in [5, 5.41) is 4.27. The summed E-state index contributed by atoms with van der Waals surface area (Å²) in [5.74, 6) is 6.76. The van der Waals surface area contributed by atoms with Crippen molar-refractivity contribution in [3.05, 3.63) is 157 Å². The van der Waals surface area contributed by atoms with E-state index in [4.69, 9.17) is 0 Å². The van der Waals surface area contributed by atoms with Gasteiger partial charge in [-0.25, -0.2) is 0 Å². The quantitative estimate of drug-likeness (QED) is 0.268. The molecule has 0 atom stereocenters. The van der Waals surface area contributed by atoms with E-state index in [0.717, 1.165) is 21.5 Å². The van der Waals surface area contributed by atoms with Gasteiger partial charge in [0.1, 0.15) is 0 Å². The van der Waals surface area contributed by atoms with Crippen LogP contribution in [-0.4, -0.2) is 40.0 Å². The maximum absolute atomic E-state index is 11.9. The lowest BCUT2D eigenvalue weighted by Gasteiger charge is -2.33. The zero-order valence-electron chi connectivity index (χ0n) is 22.8. The van der Waals surface area contributed by atoms with Crippen LogP contribution in [0, 0.1) is 22.9 Å². The third-order valence-electron chi connectivity index (χ3n) is 7.10. The molecule has 0 aliphatic heterocycles. The molecule has 5 aromatic rings. The Bertz CT molecular complexity index is 1580. The molecule has 194 valence electrons. The molecule has 0 bridgehead atoms. The third-order valence-corrected chi connectivity index (χ3v) is 14.1. The summed E-state index contributed by atoms with van der Waals surface area (Å²) in [6.45, 7) is 0. The maximum atomic E-state index is 11.9. The summed E-state index contributed by atoms with van der Waals surface area (Å²) in [5.41, 5.74) is 8.83. The number of nitrogens with zero attached hydrogens (tertiary/aromatic N) is 1. The maximum Gasteiger partial charge on any atom is 0.335 e. The standard InChI is InChI=1S/C36H31NOSi2/c1-37(2)39(33-15-7-3-8-16-33,34-17-9-4-10-18-34)29-27-31-23-25-32(26-24-31)28-30-40(38,35-19-11-5-12-20-35)36-21-13-6-14-22-36/h3-26,38H,1-2H3. The lowest BCUT2D eigenvalue weighted by atomic mass is 10.1. The highest BCUT2D eigenvalue weighted by atomic mass is 28.4. The molecule has 0 amide bonds. The van der Waals surface area contributed by atoms with E-state index >= 15 is 0 Å². The molecule has 0 spiro atoms. The van der Waals surface area contributed by atoms with E-state index in [1.54, 1.807) is 0 Å². The normalized spacial score (nSPS) is 11.2. The van der Waals surface area contributed by atoms with Gasteiger partial charge in [0.25, 0.3) is 8.24 Å². The SMILES string of the molecule is CN(C)[Si](C#Cc1ccc(C#C[Si](O)(c2ccccc2)c2ccccc2)cc1)(c1ccccc1)c1ccccc1. The summed E-state index contributed by atoms with van der Waals surface area (Å²) in [6, 6.07) is 48.8. The first-order chi connectivity index (χ1) is 19.5. The Morgan fingerprint density at radius 3 is 1.12 bits per heavy atom. The Labute approximate surface area is 239 Å². The average Bonchev–Trinajstić information content (AvgIpc) is 3.02. The predicted octanol–water partition coefficient (Wildman–Crippen LogP) is 3.54. The minimum Gasteiger partial charge on any atom is -0.415 e. The van der Waals surface area contributed by atoms with Crippen molar-refractivity contribution in [1.82, 2.24) is 4.57 Å². The predicted molar refractivity (Wildman–Crippen MR) is 172 cm³/mol. The van der Waals surface area contributed by atoms with Crippen molar-refractivity contribution in [2.75, 3.05) is 14.1 Å². The minimum absolute atomic E-state index is 0.852. The molecular formula is C36H31NOSi2. The zero-order chi connectivity index (χ0) is 27.8. The van der Waals surface area contributed by atoms with Crippen LogP contribution in [0.3, 0.4) is 0 Å².